The Morgan fingerprint density at radius 2 is 2.20 bits per heavy atom. The van der Waals surface area contributed by atoms with Crippen molar-refractivity contribution in [3.63, 3.8) is 0 Å². The van der Waals surface area contributed by atoms with E-state index in [1.54, 1.807) is 0 Å². The van der Waals surface area contributed by atoms with Gasteiger partial charge in [0.05, 0.1) is 11.9 Å². The van der Waals surface area contributed by atoms with Crippen molar-refractivity contribution in [2.75, 3.05) is 17.1 Å². The van der Waals surface area contributed by atoms with Gasteiger partial charge in [0, 0.05) is 19.9 Å². The van der Waals surface area contributed by atoms with E-state index in [1.807, 2.05) is 0 Å². The average Bonchev–Trinajstić information content (AvgIpc) is 2.85. The molecule has 3 N–H and O–H groups in total. The second-order valence-electron chi connectivity index (χ2n) is 4.58. The Labute approximate surface area is 117 Å². The highest BCUT2D eigenvalue weighted by Crippen LogP contribution is 2.20. The zero-order valence-electron chi connectivity index (χ0n) is 10.8. The van der Waals surface area contributed by atoms with E-state index >= 15 is 0 Å². The summed E-state index contributed by atoms with van der Waals surface area (Å²) in [6.45, 7) is 0.534. The van der Waals surface area contributed by atoms with Gasteiger partial charge in [-0.05, 0) is 12.8 Å². The Morgan fingerprint density at radius 3 is 2.75 bits per heavy atom. The van der Waals surface area contributed by atoms with Crippen molar-refractivity contribution in [1.82, 2.24) is 9.78 Å². The first kappa shape index (κ1) is 15.2. The molecule has 0 bridgehead atoms. The number of hydrogen-bond acceptors (Lipinski definition) is 6. The highest BCUT2D eigenvalue weighted by atomic mass is 32.2. The van der Waals surface area contributed by atoms with Crippen LogP contribution in [-0.2, 0) is 31.8 Å². The van der Waals surface area contributed by atoms with Crippen LogP contribution < -0.4 is 9.86 Å². The summed E-state index contributed by atoms with van der Waals surface area (Å²) < 4.78 is 55.2. The molecule has 0 amide bonds. The van der Waals surface area contributed by atoms with Crippen LogP contribution in [0.15, 0.2) is 11.1 Å². The van der Waals surface area contributed by atoms with Crippen LogP contribution in [0.5, 0.6) is 0 Å². The molecule has 0 spiro atoms. The number of sulfonamides is 2. The summed E-state index contributed by atoms with van der Waals surface area (Å²) in [6, 6.07) is 0. The standard InChI is InChI=1S/C9H16N4O5S2/c1-13-5-8(20(10,16)17)9(11-13)12-19(14,15)6-7-3-2-4-18-7/h5,7H,2-4,6H2,1H3,(H,11,12)(H2,10,16,17). The number of rotatable bonds is 5. The van der Waals surface area contributed by atoms with Gasteiger partial charge in [-0.2, -0.15) is 5.10 Å². The van der Waals surface area contributed by atoms with Crippen molar-refractivity contribution in [1.29, 1.82) is 0 Å². The molecule has 0 saturated carbocycles. The Morgan fingerprint density at radius 1 is 1.50 bits per heavy atom. The number of nitrogens with two attached hydrogens (primary N) is 1. The molecule has 1 aliphatic rings. The van der Waals surface area contributed by atoms with Crippen molar-refractivity contribution in [2.45, 2.75) is 23.8 Å². The molecular formula is C9H16N4O5S2. The van der Waals surface area contributed by atoms with E-state index in [4.69, 9.17) is 9.88 Å². The largest absolute Gasteiger partial charge is 0.377 e. The number of ether oxygens (including phenoxy) is 1. The Kier molecular flexibility index (Phi) is 4.04. The number of aryl methyl sites for hydroxylation is 1. The summed E-state index contributed by atoms with van der Waals surface area (Å²) in [7, 11) is -6.35. The molecule has 1 fully saturated rings. The summed E-state index contributed by atoms with van der Waals surface area (Å²) >= 11 is 0. The maximum absolute atomic E-state index is 12.0. The van der Waals surface area contributed by atoms with Crippen LogP contribution in [0, 0.1) is 0 Å². The number of aromatic nitrogens is 2. The number of nitrogens with zero attached hydrogens (tertiary/aromatic N) is 2. The molecule has 20 heavy (non-hydrogen) atoms. The third-order valence-electron chi connectivity index (χ3n) is 2.78. The van der Waals surface area contributed by atoms with E-state index in [-0.39, 0.29) is 22.6 Å². The van der Waals surface area contributed by atoms with Gasteiger partial charge in [-0.15, -0.1) is 0 Å². The van der Waals surface area contributed by atoms with Crippen molar-refractivity contribution in [3.05, 3.63) is 6.20 Å². The lowest BCUT2D eigenvalue weighted by atomic mass is 10.3. The van der Waals surface area contributed by atoms with Gasteiger partial charge in [0.15, 0.2) is 5.82 Å². The van der Waals surface area contributed by atoms with E-state index in [2.05, 4.69) is 9.82 Å². The Hall–Kier alpha value is -1.17. The predicted molar refractivity (Wildman–Crippen MR) is 71.0 cm³/mol. The summed E-state index contributed by atoms with van der Waals surface area (Å²) in [6.07, 6.45) is 2.23. The van der Waals surface area contributed by atoms with Gasteiger partial charge in [0.2, 0.25) is 20.0 Å². The molecule has 2 heterocycles. The lowest BCUT2D eigenvalue weighted by Crippen LogP contribution is -2.26. The molecule has 1 unspecified atom stereocenters. The summed E-state index contributed by atoms with van der Waals surface area (Å²) in [5, 5.41) is 8.78. The van der Waals surface area contributed by atoms with Crippen LogP contribution in [0.4, 0.5) is 5.82 Å². The lowest BCUT2D eigenvalue weighted by Gasteiger charge is -2.11. The number of hydrogen-bond donors (Lipinski definition) is 2. The van der Waals surface area contributed by atoms with Gasteiger partial charge >= 0.3 is 0 Å². The molecule has 1 aliphatic heterocycles. The highest BCUT2D eigenvalue weighted by Gasteiger charge is 2.26. The molecule has 2 rings (SSSR count). The van der Waals surface area contributed by atoms with Crippen LogP contribution >= 0.6 is 0 Å². The molecule has 9 nitrogen and oxygen atoms in total. The third-order valence-corrected chi connectivity index (χ3v) is 5.01. The quantitative estimate of drug-likeness (QED) is 0.712. The van der Waals surface area contributed by atoms with Crippen LogP contribution in [0.1, 0.15) is 12.8 Å². The molecule has 1 saturated heterocycles. The Bertz CT molecular complexity index is 688. The first-order valence-corrected chi connectivity index (χ1v) is 9.06. The van der Waals surface area contributed by atoms with Gasteiger partial charge in [0.25, 0.3) is 0 Å². The molecule has 0 aromatic carbocycles. The summed E-state index contributed by atoms with van der Waals surface area (Å²) in [4.78, 5) is -0.365. The van der Waals surface area contributed by atoms with Crippen molar-refractivity contribution in [3.8, 4) is 0 Å². The second kappa shape index (κ2) is 5.31. The fraction of sp³-hybridized carbons (Fsp3) is 0.667. The van der Waals surface area contributed by atoms with Gasteiger partial charge in [-0.25, -0.2) is 22.0 Å². The van der Waals surface area contributed by atoms with E-state index in [0.717, 1.165) is 12.6 Å². The zero-order valence-corrected chi connectivity index (χ0v) is 12.4. The van der Waals surface area contributed by atoms with Crippen LogP contribution in [0.3, 0.4) is 0 Å². The van der Waals surface area contributed by atoms with E-state index in [0.29, 0.717) is 13.0 Å². The predicted octanol–water partition coefficient (Wildman–Crippen LogP) is -1.01. The van der Waals surface area contributed by atoms with E-state index < -0.39 is 20.0 Å². The number of primary sulfonamides is 1. The lowest BCUT2D eigenvalue weighted by molar-refractivity contribution is 0.127. The van der Waals surface area contributed by atoms with Crippen LogP contribution in [0.25, 0.3) is 0 Å². The van der Waals surface area contributed by atoms with E-state index in [9.17, 15) is 16.8 Å². The normalized spacial score (nSPS) is 20.2. The highest BCUT2D eigenvalue weighted by molar-refractivity contribution is 7.93. The molecule has 11 heteroatoms. The first-order chi connectivity index (χ1) is 9.17. The molecule has 0 aliphatic carbocycles. The summed E-state index contributed by atoms with van der Waals surface area (Å²) in [5.74, 6) is -0.541. The Balaban J connectivity index is 2.21. The molecule has 0 radical (unpaired) electrons. The first-order valence-electron chi connectivity index (χ1n) is 5.86. The van der Waals surface area contributed by atoms with Gasteiger partial charge in [0.1, 0.15) is 4.90 Å². The fourth-order valence-electron chi connectivity index (χ4n) is 1.96. The number of nitrogens with one attached hydrogen (secondary N) is 1. The maximum Gasteiger partial charge on any atom is 0.243 e. The van der Waals surface area contributed by atoms with Gasteiger partial charge < -0.3 is 4.74 Å². The zero-order chi connectivity index (χ0) is 15.0. The second-order valence-corrected chi connectivity index (χ2v) is 7.88. The SMILES string of the molecule is Cn1cc(S(N)(=O)=O)c(NS(=O)(=O)CC2CCCO2)n1. The van der Waals surface area contributed by atoms with Crippen LogP contribution in [0.2, 0.25) is 0 Å². The van der Waals surface area contributed by atoms with Gasteiger partial charge in [-0.1, -0.05) is 0 Å². The van der Waals surface area contributed by atoms with Crippen LogP contribution in [-0.4, -0.2) is 45.1 Å². The molecular weight excluding hydrogens is 308 g/mol. The van der Waals surface area contributed by atoms with Gasteiger partial charge in [-0.3, -0.25) is 9.40 Å². The minimum absolute atomic E-state index is 0.242. The monoisotopic (exact) mass is 324 g/mol. The smallest absolute Gasteiger partial charge is 0.243 e. The molecule has 114 valence electrons. The topological polar surface area (TPSA) is 133 Å². The van der Waals surface area contributed by atoms with Crippen molar-refractivity contribution >= 4 is 25.9 Å². The van der Waals surface area contributed by atoms with Crippen molar-refractivity contribution in [2.24, 2.45) is 12.2 Å². The maximum atomic E-state index is 12.0. The molecule has 1 atom stereocenters. The minimum atomic E-state index is -4.05. The number of anilines is 1. The van der Waals surface area contributed by atoms with E-state index in [1.165, 1.54) is 11.7 Å². The van der Waals surface area contributed by atoms with Crippen molar-refractivity contribution < 1.29 is 21.6 Å². The third kappa shape index (κ3) is 3.69. The summed E-state index contributed by atoms with van der Waals surface area (Å²) in [5.41, 5.74) is 0. The minimum Gasteiger partial charge on any atom is -0.377 e. The fourth-order valence-corrected chi connectivity index (χ4v) is 3.96. The molecule has 1 aromatic rings. The molecule has 1 aromatic heterocycles. The average molecular weight is 324 g/mol.